The molecular formula is C63H58Cl4Zr-4. The molecule has 0 nitrogen and oxygen atoms in total. The predicted octanol–water partition coefficient (Wildman–Crippen LogP) is 18.7. The van der Waals surface area contributed by atoms with Gasteiger partial charge in [0, 0.05) is 10.0 Å². The third kappa shape index (κ3) is 15.3. The fourth-order valence-corrected chi connectivity index (χ4v) is 8.14. The molecule has 0 heterocycles. The second-order valence-electron chi connectivity index (χ2n) is 18.0. The van der Waals surface area contributed by atoms with Crippen LogP contribution in [0.2, 0.25) is 10.0 Å². The molecule has 0 aliphatic heterocycles. The Morgan fingerprint density at radius 3 is 1.34 bits per heavy atom. The van der Waals surface area contributed by atoms with E-state index in [1.807, 2.05) is 109 Å². The van der Waals surface area contributed by atoms with Crippen LogP contribution in [-0.2, 0) is 41.5 Å². The van der Waals surface area contributed by atoms with Crippen LogP contribution in [0.1, 0.15) is 70.2 Å². The van der Waals surface area contributed by atoms with Gasteiger partial charge in [-0.15, -0.1) is 71.2 Å². The summed E-state index contributed by atoms with van der Waals surface area (Å²) in [5.41, 5.74) is 18.2. The molecule has 0 amide bonds. The average molecular weight is 1050 g/mol. The van der Waals surface area contributed by atoms with E-state index in [4.69, 9.17) is 23.2 Å². The van der Waals surface area contributed by atoms with Gasteiger partial charge in [0.15, 0.2) is 0 Å². The molecule has 0 saturated carbocycles. The summed E-state index contributed by atoms with van der Waals surface area (Å²) in [7, 11) is 0. The Morgan fingerprint density at radius 2 is 0.926 bits per heavy atom. The predicted molar refractivity (Wildman–Crippen MR) is 296 cm³/mol. The Labute approximate surface area is 444 Å². The molecule has 0 N–H and O–H groups in total. The third-order valence-electron chi connectivity index (χ3n) is 11.2. The first-order chi connectivity index (χ1) is 31.8. The van der Waals surface area contributed by atoms with Crippen molar-refractivity contribution in [1.82, 2.24) is 0 Å². The summed E-state index contributed by atoms with van der Waals surface area (Å²) in [6, 6.07) is 70.2. The molecule has 0 atom stereocenters. The van der Waals surface area contributed by atoms with Gasteiger partial charge in [0.1, 0.15) is 0 Å². The molecule has 10 rings (SSSR count). The van der Waals surface area contributed by atoms with Gasteiger partial charge in [-0.3, -0.25) is 6.08 Å². The van der Waals surface area contributed by atoms with Crippen LogP contribution >= 0.6 is 48.0 Å². The molecular weight excluding hydrogens is 990 g/mol. The Balaban J connectivity index is 0.000000236. The van der Waals surface area contributed by atoms with Crippen molar-refractivity contribution in [2.45, 2.75) is 65.2 Å². The van der Waals surface area contributed by atoms with E-state index in [9.17, 15) is 0 Å². The van der Waals surface area contributed by atoms with E-state index < -0.39 is 0 Å². The molecule has 346 valence electrons. The van der Waals surface area contributed by atoms with Gasteiger partial charge < -0.3 is 0 Å². The fourth-order valence-electron chi connectivity index (χ4n) is 7.89. The number of halogens is 4. The molecule has 68 heavy (non-hydrogen) atoms. The molecule has 0 fully saturated rings. The topological polar surface area (TPSA) is 0 Å². The molecule has 8 aromatic rings. The van der Waals surface area contributed by atoms with Crippen molar-refractivity contribution < 1.29 is 24.2 Å². The first-order valence-electron chi connectivity index (χ1n) is 22.2. The van der Waals surface area contributed by atoms with Crippen molar-refractivity contribution in [1.29, 1.82) is 0 Å². The van der Waals surface area contributed by atoms with Crippen LogP contribution in [0.25, 0.3) is 55.6 Å². The van der Waals surface area contributed by atoms with Gasteiger partial charge in [0.05, 0.1) is 0 Å². The van der Waals surface area contributed by atoms with Gasteiger partial charge in [0.2, 0.25) is 0 Å². The molecule has 2 aliphatic carbocycles. The van der Waals surface area contributed by atoms with Gasteiger partial charge in [0.25, 0.3) is 0 Å². The summed E-state index contributed by atoms with van der Waals surface area (Å²) in [6.07, 6.45) is 10.9. The minimum absolute atomic E-state index is 0. The molecule has 0 saturated heterocycles. The average Bonchev–Trinajstić information content (AvgIpc) is 4.05. The maximum atomic E-state index is 5.79. The number of rotatable bonds is 4. The van der Waals surface area contributed by atoms with Crippen molar-refractivity contribution in [2.75, 3.05) is 0 Å². The normalized spacial score (nSPS) is 11.5. The summed E-state index contributed by atoms with van der Waals surface area (Å²) >= 11 is 12.9. The zero-order chi connectivity index (χ0) is 47.1. The van der Waals surface area contributed by atoms with E-state index in [2.05, 4.69) is 155 Å². The van der Waals surface area contributed by atoms with E-state index in [1.165, 1.54) is 102 Å². The molecule has 5 heteroatoms. The molecule has 0 spiro atoms. The number of hydrogen-bond donors (Lipinski definition) is 0. The first-order valence-corrected chi connectivity index (χ1v) is 24.7. The Bertz CT molecular complexity index is 2630. The molecule has 0 radical (unpaired) electrons. The Hall–Kier alpha value is -4.85. The first kappa shape index (κ1) is 55.7. The van der Waals surface area contributed by atoms with Crippen LogP contribution in [0, 0.1) is 24.3 Å². The molecule has 0 unspecified atom stereocenters. The fraction of sp³-hybridized carbons (Fsp3) is 0.159. The molecule has 0 bridgehead atoms. The number of fused-ring (bicyclic) bond motifs is 3. The standard InChI is InChI=1S/C33H33.2C12H8Cl.C5H5.CH2.2ClH.Zr/c1-32(2,3)30-20-26-24(18-28(30)22-13-9-7-10-14-22)17-25-19-29(23-15-11-8-12-16-23)31(21-27(25)26)33(4,5)6;2*13-12-8-6-11(7-9-12)10-4-2-1-3-5-10;1-2-4-5-3-1;;;;/h7-16,18,20-21H,17H2,1-6H3;2*2-9H;1-3H,4H2;1H2;2*1H;/q4*-1;;;;. The van der Waals surface area contributed by atoms with Gasteiger partial charge >= 0.3 is 28.4 Å². The Morgan fingerprint density at radius 1 is 0.485 bits per heavy atom. The van der Waals surface area contributed by atoms with Gasteiger partial charge in [-0.2, -0.15) is 66.7 Å². The van der Waals surface area contributed by atoms with E-state index in [-0.39, 0.29) is 35.6 Å². The van der Waals surface area contributed by atoms with Crippen molar-refractivity contribution in [3.8, 4) is 55.6 Å². The zero-order valence-corrected chi connectivity index (χ0v) is 45.3. The van der Waals surface area contributed by atoms with E-state index in [0.717, 1.165) is 22.9 Å². The second-order valence-corrected chi connectivity index (χ2v) is 18.9. The number of allylic oxidation sites excluding steroid dienone is 4. The third-order valence-corrected chi connectivity index (χ3v) is 11.7. The minimum atomic E-state index is 0. The van der Waals surface area contributed by atoms with Crippen molar-refractivity contribution in [3.05, 3.63) is 251 Å². The van der Waals surface area contributed by atoms with Gasteiger partial charge in [-0.25, -0.2) is 12.2 Å². The summed E-state index contributed by atoms with van der Waals surface area (Å²) in [4.78, 5) is 0. The number of hydrogen-bond acceptors (Lipinski definition) is 0. The maximum absolute atomic E-state index is 5.79. The summed E-state index contributed by atoms with van der Waals surface area (Å²) in [5.74, 6) is 0. The quantitative estimate of drug-likeness (QED) is 0.154. The Kier molecular flexibility index (Phi) is 22.0. The van der Waals surface area contributed by atoms with E-state index in [1.54, 1.807) is 0 Å². The monoisotopic (exact) mass is 1040 g/mol. The van der Waals surface area contributed by atoms with Crippen LogP contribution < -0.4 is 0 Å². The SMILES string of the molecule is CC(C)(C)c1cc2c([c-]c1-c1ccccc1)Cc1cc(-c3ccccc3)c(C(C)(C)C)cc1-2.Cl.Cl.Clc1ccc(-c2cc[c-]cc2)cc1.Clc1ccc(-c2cc[c-]cc2)cc1.[C-]1=CC=CC1.[CH2]=[Zr]. The summed E-state index contributed by atoms with van der Waals surface area (Å²) in [6.45, 7) is 13.9. The number of benzene rings is 8. The molecule has 2 aliphatic rings. The van der Waals surface area contributed by atoms with Crippen LogP contribution in [0.3, 0.4) is 0 Å². The summed E-state index contributed by atoms with van der Waals surface area (Å²) in [5, 5.41) is 1.54. The van der Waals surface area contributed by atoms with E-state index >= 15 is 0 Å². The van der Waals surface area contributed by atoms with Crippen LogP contribution in [0.5, 0.6) is 0 Å². The van der Waals surface area contributed by atoms with Crippen LogP contribution in [0.15, 0.2) is 194 Å². The van der Waals surface area contributed by atoms with Crippen LogP contribution in [-0.4, -0.2) is 4.21 Å². The zero-order valence-electron chi connectivity index (χ0n) is 39.7. The molecule has 0 aromatic heterocycles. The van der Waals surface area contributed by atoms with Gasteiger partial charge in [-0.05, 0) is 74.9 Å². The van der Waals surface area contributed by atoms with Crippen molar-refractivity contribution in [3.63, 3.8) is 0 Å². The van der Waals surface area contributed by atoms with Crippen LogP contribution in [0.4, 0.5) is 0 Å². The second kappa shape index (κ2) is 26.8. The van der Waals surface area contributed by atoms with Gasteiger partial charge in [-0.1, -0.05) is 178 Å². The van der Waals surface area contributed by atoms with E-state index in [0.29, 0.717) is 0 Å². The van der Waals surface area contributed by atoms with Crippen molar-refractivity contribution >= 4 is 52.2 Å². The molecule has 8 aromatic carbocycles. The van der Waals surface area contributed by atoms with Crippen molar-refractivity contribution in [2.24, 2.45) is 0 Å². The summed E-state index contributed by atoms with van der Waals surface area (Å²) < 4.78 is 3.34.